The maximum Gasteiger partial charge on any atom is 0.328 e. The van der Waals surface area contributed by atoms with Crippen molar-refractivity contribution < 1.29 is 23.9 Å². The van der Waals surface area contributed by atoms with Crippen LogP contribution in [0.15, 0.2) is 85.5 Å². The highest BCUT2D eigenvalue weighted by Gasteiger charge is 2.33. The van der Waals surface area contributed by atoms with Crippen LogP contribution in [-0.2, 0) is 16.0 Å². The van der Waals surface area contributed by atoms with Crippen LogP contribution >= 0.6 is 0 Å². The van der Waals surface area contributed by atoms with E-state index in [9.17, 15) is 19.2 Å². The van der Waals surface area contributed by atoms with Gasteiger partial charge >= 0.3 is 6.03 Å². The number of imide groups is 1. The van der Waals surface area contributed by atoms with Crippen LogP contribution in [0.2, 0.25) is 0 Å². The Morgan fingerprint density at radius 1 is 0.873 bits per heavy atom. The Labute approximate surface area is 367 Å². The number of imidazole rings is 1. The Morgan fingerprint density at radius 2 is 1.65 bits per heavy atom. The number of piperidine rings is 1. The minimum absolute atomic E-state index is 0.0482. The fraction of sp³-hybridized carbons (Fsp3) is 0.426. The molecule has 0 radical (unpaired) electrons. The molecule has 3 aliphatic heterocycles. The summed E-state index contributed by atoms with van der Waals surface area (Å²) in [6.45, 7) is 6.74. The van der Waals surface area contributed by atoms with Crippen LogP contribution in [0.25, 0.3) is 11.2 Å². The minimum atomic E-state index is -0.508. The summed E-state index contributed by atoms with van der Waals surface area (Å²) >= 11 is 0. The van der Waals surface area contributed by atoms with Crippen molar-refractivity contribution in [2.45, 2.75) is 63.5 Å². The minimum Gasteiger partial charge on any atom is -0.495 e. The van der Waals surface area contributed by atoms with Gasteiger partial charge in [-0.1, -0.05) is 30.3 Å². The number of anilines is 4. The molecule has 5 aromatic rings. The normalized spacial score (nSPS) is 19.7. The first kappa shape index (κ1) is 41.8. The SMILES string of the molecule is COc1ccc(C(=O)N2CCC(CCCN3CCN(c4ccc(Nc5ncnc6c5ncn6C5CC(NC(=O)Cc6ccccc6)C5)cc4)CC3)CC2)cc1N1CCC(=O)NC1=O. The average molecular weight is 854 g/mol. The first-order valence-corrected chi connectivity index (χ1v) is 22.2. The van der Waals surface area contributed by atoms with Crippen molar-refractivity contribution in [3.63, 3.8) is 0 Å². The lowest BCUT2D eigenvalue weighted by molar-refractivity contribution is -0.122. The lowest BCUT2D eigenvalue weighted by Crippen LogP contribution is -2.49. The van der Waals surface area contributed by atoms with E-state index in [0.717, 1.165) is 93.7 Å². The number of hydrogen-bond acceptors (Lipinski definition) is 11. The summed E-state index contributed by atoms with van der Waals surface area (Å²) in [5.41, 5.74) is 5.66. The van der Waals surface area contributed by atoms with Gasteiger partial charge in [0.1, 0.15) is 12.1 Å². The molecule has 9 rings (SSSR count). The molecular formula is C47H55N11O5. The number of benzene rings is 3. The van der Waals surface area contributed by atoms with E-state index in [1.807, 2.05) is 41.6 Å². The molecule has 16 nitrogen and oxygen atoms in total. The van der Waals surface area contributed by atoms with Crippen molar-refractivity contribution in [1.82, 2.24) is 40.0 Å². The van der Waals surface area contributed by atoms with Gasteiger partial charge in [0.15, 0.2) is 17.0 Å². The van der Waals surface area contributed by atoms with Crippen LogP contribution in [0.4, 0.5) is 27.7 Å². The number of carbonyl (C=O) groups is 4. The van der Waals surface area contributed by atoms with Crippen LogP contribution < -0.4 is 30.5 Å². The van der Waals surface area contributed by atoms with E-state index in [1.165, 1.54) is 17.7 Å². The summed E-state index contributed by atoms with van der Waals surface area (Å²) in [5.74, 6) is 1.44. The van der Waals surface area contributed by atoms with E-state index >= 15 is 0 Å². The Hall–Kier alpha value is -6.55. The van der Waals surface area contributed by atoms with Gasteiger partial charge in [-0.15, -0.1) is 0 Å². The third-order valence-electron chi connectivity index (χ3n) is 13.1. The molecule has 0 unspecified atom stereocenters. The molecule has 1 aliphatic carbocycles. The monoisotopic (exact) mass is 853 g/mol. The lowest BCUT2D eigenvalue weighted by atomic mass is 9.86. The van der Waals surface area contributed by atoms with Gasteiger partial charge < -0.3 is 29.7 Å². The second kappa shape index (κ2) is 18.8. The van der Waals surface area contributed by atoms with Gasteiger partial charge in [-0.2, -0.15) is 0 Å². The van der Waals surface area contributed by atoms with Crippen molar-refractivity contribution in [3.8, 4) is 5.75 Å². The second-order valence-electron chi connectivity index (χ2n) is 17.1. The van der Waals surface area contributed by atoms with E-state index in [2.05, 4.69) is 69.5 Å². The zero-order valence-electron chi connectivity index (χ0n) is 35.7. The highest BCUT2D eigenvalue weighted by Crippen LogP contribution is 2.36. The molecule has 3 N–H and O–H groups in total. The number of hydrogen-bond donors (Lipinski definition) is 3. The number of piperazine rings is 1. The zero-order valence-corrected chi connectivity index (χ0v) is 35.7. The highest BCUT2D eigenvalue weighted by molar-refractivity contribution is 6.07. The van der Waals surface area contributed by atoms with Crippen LogP contribution in [0.3, 0.4) is 0 Å². The fourth-order valence-electron chi connectivity index (χ4n) is 9.36. The number of rotatable bonds is 14. The van der Waals surface area contributed by atoms with E-state index in [-0.39, 0.29) is 42.8 Å². The van der Waals surface area contributed by atoms with Crippen molar-refractivity contribution in [3.05, 3.63) is 96.6 Å². The smallest absolute Gasteiger partial charge is 0.328 e. The molecule has 2 aromatic heterocycles. The summed E-state index contributed by atoms with van der Waals surface area (Å²) < 4.78 is 7.58. The molecule has 0 spiro atoms. The van der Waals surface area contributed by atoms with Gasteiger partial charge in [0.05, 0.1) is 25.5 Å². The van der Waals surface area contributed by atoms with Crippen molar-refractivity contribution in [2.75, 3.05) is 74.6 Å². The largest absolute Gasteiger partial charge is 0.495 e. The second-order valence-corrected chi connectivity index (χ2v) is 17.1. The number of amides is 5. The van der Waals surface area contributed by atoms with Gasteiger partial charge in [-0.25, -0.2) is 19.7 Å². The van der Waals surface area contributed by atoms with E-state index < -0.39 is 6.03 Å². The number of carbonyl (C=O) groups excluding carboxylic acids is 4. The molecule has 5 amide bonds. The first-order chi connectivity index (χ1) is 30.8. The third-order valence-corrected chi connectivity index (χ3v) is 13.1. The molecule has 16 heteroatoms. The maximum atomic E-state index is 13.5. The van der Waals surface area contributed by atoms with E-state index in [4.69, 9.17) is 4.74 Å². The van der Waals surface area contributed by atoms with Crippen molar-refractivity contribution in [1.29, 1.82) is 0 Å². The number of fused-ring (bicyclic) bond motifs is 1. The predicted octanol–water partition coefficient (Wildman–Crippen LogP) is 5.54. The number of likely N-dealkylation sites (tertiary alicyclic amines) is 1. The van der Waals surface area contributed by atoms with E-state index in [1.54, 1.807) is 24.5 Å². The van der Waals surface area contributed by atoms with Gasteiger partial charge in [0.25, 0.3) is 5.91 Å². The molecule has 4 fully saturated rings. The molecule has 1 saturated carbocycles. The Balaban J connectivity index is 0.689. The molecule has 328 valence electrons. The maximum absolute atomic E-state index is 13.5. The van der Waals surface area contributed by atoms with Gasteiger partial charge in [0.2, 0.25) is 11.8 Å². The van der Waals surface area contributed by atoms with Crippen LogP contribution in [-0.4, -0.2) is 119 Å². The number of methoxy groups -OCH3 is 1. The van der Waals surface area contributed by atoms with Crippen LogP contribution in [0.5, 0.6) is 5.75 Å². The van der Waals surface area contributed by atoms with Crippen LogP contribution in [0.1, 0.15) is 66.9 Å². The molecule has 5 heterocycles. The van der Waals surface area contributed by atoms with E-state index in [0.29, 0.717) is 48.2 Å². The number of urea groups is 1. The summed E-state index contributed by atoms with van der Waals surface area (Å²) in [4.78, 5) is 72.5. The fourth-order valence-corrected chi connectivity index (χ4v) is 9.36. The Morgan fingerprint density at radius 3 is 2.40 bits per heavy atom. The van der Waals surface area contributed by atoms with Crippen molar-refractivity contribution in [2.24, 2.45) is 5.92 Å². The third kappa shape index (κ3) is 9.60. The van der Waals surface area contributed by atoms with Gasteiger partial charge in [-0.05, 0) is 99.0 Å². The molecule has 0 bridgehead atoms. The predicted molar refractivity (Wildman–Crippen MR) is 240 cm³/mol. The van der Waals surface area contributed by atoms with Crippen molar-refractivity contribution >= 4 is 57.8 Å². The number of nitrogens with one attached hydrogen (secondary N) is 3. The molecule has 4 aliphatic rings. The summed E-state index contributed by atoms with van der Waals surface area (Å²) in [7, 11) is 1.53. The molecule has 0 atom stereocenters. The molecule has 3 saturated heterocycles. The number of aromatic nitrogens is 4. The number of nitrogens with zero attached hydrogens (tertiary/aromatic N) is 8. The van der Waals surface area contributed by atoms with Crippen LogP contribution in [0, 0.1) is 5.92 Å². The first-order valence-electron chi connectivity index (χ1n) is 22.2. The Bertz CT molecular complexity index is 2420. The molecular weight excluding hydrogens is 799 g/mol. The Kier molecular flexibility index (Phi) is 12.5. The summed E-state index contributed by atoms with van der Waals surface area (Å²) in [6, 6.07) is 23.3. The summed E-state index contributed by atoms with van der Waals surface area (Å²) in [5, 5.41) is 8.97. The highest BCUT2D eigenvalue weighted by atomic mass is 16.5. The summed E-state index contributed by atoms with van der Waals surface area (Å²) in [6.07, 6.45) is 9.93. The standard InChI is InChI=1S/C47H55N11O5/c1-63-40-14-9-34(27-39(40)57-21-17-41(59)53-47(57)62)46(61)56-19-15-32(16-20-56)8-5-18-54-22-24-55(25-23-54)37-12-10-35(11-13-37)52-44-43-45(49-30-48-44)58(31-50-43)38-28-36(29-38)51-42(60)26-33-6-3-2-4-7-33/h2-4,6-7,9-14,27,30-32,36,38H,5,8,15-26,28-29H2,1H3,(H,51,60)(H,48,49,52)(H,53,59,62). The average Bonchev–Trinajstić information content (AvgIpc) is 3.73. The van der Waals surface area contributed by atoms with Gasteiger partial charge in [-0.3, -0.25) is 29.5 Å². The number of ether oxygens (including phenoxy) is 1. The lowest BCUT2D eigenvalue weighted by Gasteiger charge is -2.37. The zero-order chi connectivity index (χ0) is 43.3. The molecule has 3 aromatic carbocycles. The quantitative estimate of drug-likeness (QED) is 0.128. The van der Waals surface area contributed by atoms with Gasteiger partial charge in [0, 0.05) is 81.3 Å². The topological polar surface area (TPSA) is 170 Å². The molecule has 63 heavy (non-hydrogen) atoms.